The van der Waals surface area contributed by atoms with E-state index in [1.165, 1.54) is 23.0 Å². The van der Waals surface area contributed by atoms with E-state index >= 15 is 0 Å². The lowest BCUT2D eigenvalue weighted by molar-refractivity contribution is -0.140. The van der Waals surface area contributed by atoms with Crippen LogP contribution >= 0.6 is 11.3 Å². The summed E-state index contributed by atoms with van der Waals surface area (Å²) in [5.74, 6) is 0.550. The molecule has 166 valence electrons. The van der Waals surface area contributed by atoms with Crippen molar-refractivity contribution in [3.05, 3.63) is 84.9 Å². The molecule has 9 heteroatoms. The summed E-state index contributed by atoms with van der Waals surface area (Å²) in [6.07, 6.45) is 3.21. The number of benzene rings is 1. The molecule has 0 fully saturated rings. The number of para-hydroxylation sites is 1. The van der Waals surface area contributed by atoms with Crippen LogP contribution in [0, 0.1) is 0 Å². The molecule has 3 heterocycles. The quantitative estimate of drug-likeness (QED) is 0.401. The maximum absolute atomic E-state index is 13.5. The Morgan fingerprint density at radius 3 is 2.75 bits per heavy atom. The summed E-state index contributed by atoms with van der Waals surface area (Å²) in [7, 11) is 3.08. The van der Waals surface area contributed by atoms with Gasteiger partial charge in [-0.2, -0.15) is 0 Å². The molecular weight excluding hydrogens is 432 g/mol. The summed E-state index contributed by atoms with van der Waals surface area (Å²) in [5.41, 5.74) is 1.14. The van der Waals surface area contributed by atoms with Gasteiger partial charge >= 0.3 is 5.97 Å². The van der Waals surface area contributed by atoms with Crippen LogP contribution in [-0.4, -0.2) is 38.0 Å². The van der Waals surface area contributed by atoms with Crippen molar-refractivity contribution in [3.8, 4) is 5.75 Å². The molecule has 1 unspecified atom stereocenters. The van der Waals surface area contributed by atoms with Crippen LogP contribution in [0.2, 0.25) is 0 Å². The summed E-state index contributed by atoms with van der Waals surface area (Å²) in [5, 5.41) is 0. The van der Waals surface area contributed by atoms with Crippen LogP contribution in [0.25, 0.3) is 6.08 Å². The normalized spacial score (nSPS) is 16.0. The van der Waals surface area contributed by atoms with E-state index in [9.17, 15) is 9.59 Å². The standard InChI is InChI=1S/C23H22N2O6S/c1-14-19(22(27)31-12-11-28-2)20(16-8-4-5-9-17(16)29-3)25-21(26)18(32-23(25)24-14)13-15-7-6-10-30-15/h4-10,13,20H,11-12H2,1-3H3. The van der Waals surface area contributed by atoms with Gasteiger partial charge in [0.15, 0.2) is 4.80 Å². The van der Waals surface area contributed by atoms with Crippen molar-refractivity contribution in [2.45, 2.75) is 13.0 Å². The second-order valence-electron chi connectivity index (χ2n) is 6.97. The number of carbonyl (C=O) groups excluding carboxylic acids is 1. The van der Waals surface area contributed by atoms with Crippen molar-refractivity contribution >= 4 is 23.4 Å². The Bertz CT molecular complexity index is 1330. The number of rotatable bonds is 7. The molecule has 2 aromatic heterocycles. The fourth-order valence-electron chi connectivity index (χ4n) is 3.57. The van der Waals surface area contributed by atoms with Crippen molar-refractivity contribution in [1.29, 1.82) is 0 Å². The van der Waals surface area contributed by atoms with Crippen LogP contribution in [0.4, 0.5) is 0 Å². The van der Waals surface area contributed by atoms with Gasteiger partial charge < -0.3 is 18.6 Å². The van der Waals surface area contributed by atoms with Crippen LogP contribution in [-0.2, 0) is 14.3 Å². The summed E-state index contributed by atoms with van der Waals surface area (Å²) in [4.78, 5) is 31.6. The molecule has 1 aliphatic rings. The topological polar surface area (TPSA) is 92.3 Å². The first kappa shape index (κ1) is 21.8. The first-order chi connectivity index (χ1) is 15.5. The lowest BCUT2D eigenvalue weighted by Gasteiger charge is -2.26. The molecule has 4 rings (SSSR count). The van der Waals surface area contributed by atoms with E-state index in [1.807, 2.05) is 18.2 Å². The van der Waals surface area contributed by atoms with Crippen molar-refractivity contribution < 1.29 is 23.4 Å². The third-order valence-corrected chi connectivity index (χ3v) is 6.00. The Morgan fingerprint density at radius 2 is 2.03 bits per heavy atom. The van der Waals surface area contributed by atoms with Gasteiger partial charge in [-0.05, 0) is 25.1 Å². The first-order valence-electron chi connectivity index (χ1n) is 9.90. The second kappa shape index (κ2) is 9.37. The molecule has 0 aliphatic carbocycles. The predicted molar refractivity (Wildman–Crippen MR) is 118 cm³/mol. The molecule has 1 aromatic carbocycles. The molecule has 3 aromatic rings. The second-order valence-corrected chi connectivity index (χ2v) is 7.98. The van der Waals surface area contributed by atoms with Crippen LogP contribution in [0.1, 0.15) is 24.3 Å². The smallest absolute Gasteiger partial charge is 0.338 e. The number of hydrogen-bond donors (Lipinski definition) is 0. The zero-order valence-corrected chi connectivity index (χ0v) is 18.7. The largest absolute Gasteiger partial charge is 0.496 e. The Hall–Kier alpha value is -3.43. The van der Waals surface area contributed by atoms with Crippen molar-refractivity contribution in [2.75, 3.05) is 27.4 Å². The number of fused-ring (bicyclic) bond motifs is 1. The SMILES string of the molecule is COCCOC(=O)C1=C(C)N=c2sc(=Cc3ccco3)c(=O)n2C1c1ccccc1OC. The lowest BCUT2D eigenvalue weighted by Crippen LogP contribution is -2.40. The van der Waals surface area contributed by atoms with Gasteiger partial charge in [0.2, 0.25) is 0 Å². The Kier molecular flexibility index (Phi) is 6.38. The Morgan fingerprint density at radius 1 is 1.22 bits per heavy atom. The summed E-state index contributed by atoms with van der Waals surface area (Å²) >= 11 is 1.23. The van der Waals surface area contributed by atoms with Gasteiger partial charge in [-0.25, -0.2) is 9.79 Å². The highest BCUT2D eigenvalue weighted by Crippen LogP contribution is 2.35. The number of methoxy groups -OCH3 is 2. The molecule has 0 N–H and O–H groups in total. The predicted octanol–water partition coefficient (Wildman–Crippen LogP) is 2.03. The number of furan rings is 1. The zero-order valence-electron chi connectivity index (χ0n) is 17.9. The van der Waals surface area contributed by atoms with Crippen LogP contribution < -0.4 is 19.6 Å². The van der Waals surface area contributed by atoms with Gasteiger partial charge in [-0.15, -0.1) is 0 Å². The molecule has 0 saturated heterocycles. The Balaban J connectivity index is 1.93. The van der Waals surface area contributed by atoms with E-state index in [-0.39, 0.29) is 24.3 Å². The Labute approximate surface area is 187 Å². The number of allylic oxidation sites excluding steroid dienone is 1. The van der Waals surface area contributed by atoms with Gasteiger partial charge in [0.1, 0.15) is 24.2 Å². The van der Waals surface area contributed by atoms with E-state index in [2.05, 4.69) is 4.99 Å². The van der Waals surface area contributed by atoms with E-state index in [4.69, 9.17) is 18.6 Å². The lowest BCUT2D eigenvalue weighted by atomic mass is 9.95. The average molecular weight is 455 g/mol. The van der Waals surface area contributed by atoms with Crippen molar-refractivity contribution in [2.24, 2.45) is 4.99 Å². The highest BCUT2D eigenvalue weighted by molar-refractivity contribution is 7.07. The third kappa shape index (κ3) is 4.04. The minimum absolute atomic E-state index is 0.0909. The monoisotopic (exact) mass is 454 g/mol. The highest BCUT2D eigenvalue weighted by atomic mass is 32.1. The number of hydrogen-bond acceptors (Lipinski definition) is 8. The average Bonchev–Trinajstić information content (AvgIpc) is 3.41. The fourth-order valence-corrected chi connectivity index (χ4v) is 4.59. The van der Waals surface area contributed by atoms with Gasteiger partial charge in [0, 0.05) is 18.7 Å². The molecule has 0 bridgehead atoms. The third-order valence-electron chi connectivity index (χ3n) is 5.01. The number of aromatic nitrogens is 1. The van der Waals surface area contributed by atoms with E-state index in [1.54, 1.807) is 44.6 Å². The van der Waals surface area contributed by atoms with Gasteiger partial charge in [0.25, 0.3) is 5.56 Å². The summed E-state index contributed by atoms with van der Waals surface area (Å²) < 4.78 is 23.3. The number of nitrogens with zero attached hydrogens (tertiary/aromatic N) is 2. The van der Waals surface area contributed by atoms with Gasteiger partial charge in [-0.3, -0.25) is 9.36 Å². The number of esters is 1. The molecule has 8 nitrogen and oxygen atoms in total. The molecule has 1 atom stereocenters. The summed E-state index contributed by atoms with van der Waals surface area (Å²) in [6, 6.07) is 10.0. The molecule has 0 saturated carbocycles. The maximum Gasteiger partial charge on any atom is 0.338 e. The zero-order chi connectivity index (χ0) is 22.7. The minimum Gasteiger partial charge on any atom is -0.496 e. The summed E-state index contributed by atoms with van der Waals surface area (Å²) in [6.45, 7) is 2.09. The molecule has 1 aliphatic heterocycles. The van der Waals surface area contributed by atoms with Crippen molar-refractivity contribution in [3.63, 3.8) is 0 Å². The van der Waals surface area contributed by atoms with E-state index < -0.39 is 12.0 Å². The van der Waals surface area contributed by atoms with Gasteiger partial charge in [0.05, 0.1) is 35.8 Å². The molecule has 0 radical (unpaired) electrons. The van der Waals surface area contributed by atoms with Crippen molar-refractivity contribution in [1.82, 2.24) is 4.57 Å². The number of ether oxygens (including phenoxy) is 3. The molecule has 0 spiro atoms. The number of carbonyl (C=O) groups is 1. The van der Waals surface area contributed by atoms with Crippen LogP contribution in [0.5, 0.6) is 5.75 Å². The van der Waals surface area contributed by atoms with Gasteiger partial charge in [-0.1, -0.05) is 29.5 Å². The van der Waals surface area contributed by atoms with Crippen LogP contribution in [0.15, 0.2) is 68.1 Å². The highest BCUT2D eigenvalue weighted by Gasteiger charge is 2.35. The molecule has 32 heavy (non-hydrogen) atoms. The maximum atomic E-state index is 13.5. The minimum atomic E-state index is -0.754. The molecular formula is C23H22N2O6S. The number of thiazole rings is 1. The van der Waals surface area contributed by atoms with Crippen LogP contribution in [0.3, 0.4) is 0 Å². The van der Waals surface area contributed by atoms with E-state index in [0.717, 1.165) is 0 Å². The first-order valence-corrected chi connectivity index (χ1v) is 10.7. The molecule has 0 amide bonds. The van der Waals surface area contributed by atoms with E-state index in [0.29, 0.717) is 32.1 Å². The fraction of sp³-hybridized carbons (Fsp3) is 0.261.